The first-order valence-corrected chi connectivity index (χ1v) is 13.9. The molecular formula is C29H22ClFN2O6S. The predicted molar refractivity (Wildman–Crippen MR) is 148 cm³/mol. The van der Waals surface area contributed by atoms with Crippen molar-refractivity contribution in [3.05, 3.63) is 113 Å². The molecule has 4 aromatic carbocycles. The van der Waals surface area contributed by atoms with E-state index in [1.165, 1.54) is 48.5 Å². The Balaban J connectivity index is 1.47. The number of fused-ring (bicyclic) bond motifs is 1. The zero-order valence-corrected chi connectivity index (χ0v) is 22.4. The van der Waals surface area contributed by atoms with E-state index in [4.69, 9.17) is 21.1 Å². The number of sulfonamides is 1. The van der Waals surface area contributed by atoms with Crippen molar-refractivity contribution < 1.29 is 31.9 Å². The summed E-state index contributed by atoms with van der Waals surface area (Å²) in [6.07, 6.45) is 0. The SMILES string of the molecule is O=C(CN(c1cccc(F)c1)S(=O)(=O)c1ccc2c(c1)OCCO2)Nc1ccc(Cl)cc1C(=O)c1ccccc1. The second-order valence-corrected chi connectivity index (χ2v) is 11.0. The Kier molecular flexibility index (Phi) is 7.72. The average Bonchev–Trinajstić information content (AvgIpc) is 2.96. The Labute approximate surface area is 235 Å². The molecule has 0 saturated heterocycles. The molecule has 11 heteroatoms. The van der Waals surface area contributed by atoms with Crippen LogP contribution in [-0.2, 0) is 14.8 Å². The summed E-state index contributed by atoms with van der Waals surface area (Å²) in [6, 6.07) is 21.8. The maximum atomic E-state index is 14.2. The van der Waals surface area contributed by atoms with Crippen LogP contribution in [0.5, 0.6) is 11.5 Å². The highest BCUT2D eigenvalue weighted by atomic mass is 35.5. The Morgan fingerprint density at radius 1 is 0.875 bits per heavy atom. The Bertz CT molecular complexity index is 1700. The van der Waals surface area contributed by atoms with Gasteiger partial charge in [0.2, 0.25) is 5.91 Å². The second kappa shape index (κ2) is 11.4. The van der Waals surface area contributed by atoms with Crippen LogP contribution in [0.1, 0.15) is 15.9 Å². The number of ketones is 1. The van der Waals surface area contributed by atoms with Crippen molar-refractivity contribution in [1.82, 2.24) is 0 Å². The molecule has 1 N–H and O–H groups in total. The summed E-state index contributed by atoms with van der Waals surface area (Å²) >= 11 is 6.14. The van der Waals surface area contributed by atoms with E-state index in [2.05, 4.69) is 5.32 Å². The minimum Gasteiger partial charge on any atom is -0.486 e. The second-order valence-electron chi connectivity index (χ2n) is 8.73. The highest BCUT2D eigenvalue weighted by Gasteiger charge is 2.30. The van der Waals surface area contributed by atoms with E-state index >= 15 is 0 Å². The number of rotatable bonds is 8. The lowest BCUT2D eigenvalue weighted by Crippen LogP contribution is -2.38. The molecule has 40 heavy (non-hydrogen) atoms. The van der Waals surface area contributed by atoms with E-state index in [-0.39, 0.29) is 45.0 Å². The van der Waals surface area contributed by atoms with E-state index in [1.807, 2.05) is 0 Å². The summed E-state index contributed by atoms with van der Waals surface area (Å²) < 4.78 is 53.5. The fourth-order valence-corrected chi connectivity index (χ4v) is 5.74. The lowest BCUT2D eigenvalue weighted by atomic mass is 10.0. The highest BCUT2D eigenvalue weighted by Crippen LogP contribution is 2.34. The minimum atomic E-state index is -4.39. The van der Waals surface area contributed by atoms with Crippen LogP contribution in [0.25, 0.3) is 0 Å². The monoisotopic (exact) mass is 580 g/mol. The molecule has 0 radical (unpaired) electrons. The molecule has 8 nitrogen and oxygen atoms in total. The third-order valence-corrected chi connectivity index (χ3v) is 8.03. The van der Waals surface area contributed by atoms with E-state index in [0.717, 1.165) is 16.4 Å². The van der Waals surface area contributed by atoms with Crippen LogP contribution >= 0.6 is 11.6 Å². The standard InChI is InChI=1S/C29H22ClFN2O6S/c30-20-9-11-25(24(15-20)29(35)19-5-2-1-3-6-19)32-28(34)18-33(22-8-4-7-21(31)16-22)40(36,37)23-10-12-26-27(17-23)39-14-13-38-26/h1-12,15-17H,13-14,18H2,(H,32,34). The van der Waals surface area contributed by atoms with Crippen LogP contribution in [0.2, 0.25) is 5.02 Å². The first-order chi connectivity index (χ1) is 19.2. The van der Waals surface area contributed by atoms with Crippen LogP contribution in [-0.4, -0.2) is 39.9 Å². The molecule has 0 saturated carbocycles. The van der Waals surface area contributed by atoms with Crippen molar-refractivity contribution in [3.8, 4) is 11.5 Å². The summed E-state index contributed by atoms with van der Waals surface area (Å²) in [4.78, 5) is 26.3. The van der Waals surface area contributed by atoms with Gasteiger partial charge in [-0.25, -0.2) is 12.8 Å². The van der Waals surface area contributed by atoms with Crippen molar-refractivity contribution in [1.29, 1.82) is 0 Å². The molecule has 204 valence electrons. The van der Waals surface area contributed by atoms with Gasteiger partial charge in [-0.2, -0.15) is 0 Å². The van der Waals surface area contributed by atoms with Crippen LogP contribution in [0.3, 0.4) is 0 Å². The van der Waals surface area contributed by atoms with E-state index in [1.54, 1.807) is 30.3 Å². The zero-order chi connectivity index (χ0) is 28.3. The van der Waals surface area contributed by atoms with Crippen LogP contribution in [0, 0.1) is 5.82 Å². The van der Waals surface area contributed by atoms with Gasteiger partial charge in [0, 0.05) is 22.2 Å². The maximum absolute atomic E-state index is 14.2. The van der Waals surface area contributed by atoms with Crippen molar-refractivity contribution in [2.45, 2.75) is 4.90 Å². The van der Waals surface area contributed by atoms with Gasteiger partial charge in [-0.1, -0.05) is 48.0 Å². The Hall–Kier alpha value is -4.41. The van der Waals surface area contributed by atoms with Crippen molar-refractivity contribution >= 4 is 44.7 Å². The first kappa shape index (κ1) is 27.2. The van der Waals surface area contributed by atoms with E-state index in [0.29, 0.717) is 17.9 Å². The number of nitrogens with one attached hydrogen (secondary N) is 1. The van der Waals surface area contributed by atoms with Crippen LogP contribution in [0.15, 0.2) is 95.9 Å². The Morgan fingerprint density at radius 2 is 1.62 bits per heavy atom. The molecule has 0 atom stereocenters. The number of nitrogens with zero attached hydrogens (tertiary/aromatic N) is 1. The van der Waals surface area contributed by atoms with E-state index in [9.17, 15) is 22.4 Å². The first-order valence-electron chi connectivity index (χ1n) is 12.1. The summed E-state index contributed by atoms with van der Waals surface area (Å²) in [5, 5.41) is 2.89. The summed E-state index contributed by atoms with van der Waals surface area (Å²) in [5.74, 6) is -1.22. The lowest BCUT2D eigenvalue weighted by Gasteiger charge is -2.25. The van der Waals surface area contributed by atoms with Crippen LogP contribution < -0.4 is 19.1 Å². The number of carbonyl (C=O) groups excluding carboxylic acids is 2. The average molecular weight is 581 g/mol. The third kappa shape index (κ3) is 5.78. The molecule has 0 aliphatic carbocycles. The molecule has 1 aliphatic heterocycles. The fraction of sp³-hybridized carbons (Fsp3) is 0.103. The maximum Gasteiger partial charge on any atom is 0.264 e. The van der Waals surface area contributed by atoms with Crippen molar-refractivity contribution in [2.24, 2.45) is 0 Å². The van der Waals surface area contributed by atoms with Gasteiger partial charge in [0.05, 0.1) is 16.3 Å². The summed E-state index contributed by atoms with van der Waals surface area (Å²) in [5.41, 5.74) is 0.572. The number of carbonyl (C=O) groups is 2. The van der Waals surface area contributed by atoms with Gasteiger partial charge in [0.25, 0.3) is 10.0 Å². The molecule has 0 spiro atoms. The minimum absolute atomic E-state index is 0.0678. The molecule has 0 bridgehead atoms. The van der Waals surface area contributed by atoms with Gasteiger partial charge < -0.3 is 14.8 Å². The number of anilines is 2. The zero-order valence-electron chi connectivity index (χ0n) is 20.8. The quantitative estimate of drug-likeness (QED) is 0.283. The number of ether oxygens (including phenoxy) is 2. The topological polar surface area (TPSA) is 102 Å². The number of hydrogen-bond donors (Lipinski definition) is 1. The molecule has 0 aromatic heterocycles. The number of hydrogen-bond acceptors (Lipinski definition) is 6. The van der Waals surface area contributed by atoms with Gasteiger partial charge in [-0.15, -0.1) is 0 Å². The van der Waals surface area contributed by atoms with Crippen molar-refractivity contribution in [2.75, 3.05) is 29.4 Å². The fourth-order valence-electron chi connectivity index (χ4n) is 4.14. The van der Waals surface area contributed by atoms with Gasteiger partial charge in [0.15, 0.2) is 17.3 Å². The summed E-state index contributed by atoms with van der Waals surface area (Å²) in [7, 11) is -4.39. The Morgan fingerprint density at radius 3 is 2.38 bits per heavy atom. The normalized spacial score (nSPS) is 12.4. The molecule has 1 amide bonds. The third-order valence-electron chi connectivity index (χ3n) is 6.02. The van der Waals surface area contributed by atoms with E-state index < -0.39 is 28.3 Å². The molecule has 4 aromatic rings. The molecule has 5 rings (SSSR count). The predicted octanol–water partition coefficient (Wildman–Crippen LogP) is 5.32. The highest BCUT2D eigenvalue weighted by molar-refractivity contribution is 7.92. The number of benzene rings is 4. The van der Waals surface area contributed by atoms with Crippen LogP contribution in [0.4, 0.5) is 15.8 Å². The van der Waals surface area contributed by atoms with Gasteiger partial charge in [-0.05, 0) is 48.5 Å². The largest absolute Gasteiger partial charge is 0.486 e. The number of halogens is 2. The summed E-state index contributed by atoms with van der Waals surface area (Å²) in [6.45, 7) is -0.145. The lowest BCUT2D eigenvalue weighted by molar-refractivity contribution is -0.114. The molecule has 0 fully saturated rings. The molecule has 1 heterocycles. The molecule has 1 aliphatic rings. The van der Waals surface area contributed by atoms with Gasteiger partial charge in [0.1, 0.15) is 25.6 Å². The number of amides is 1. The van der Waals surface area contributed by atoms with Gasteiger partial charge >= 0.3 is 0 Å². The smallest absolute Gasteiger partial charge is 0.264 e. The van der Waals surface area contributed by atoms with Gasteiger partial charge in [-0.3, -0.25) is 13.9 Å². The molecular weight excluding hydrogens is 559 g/mol. The molecule has 0 unspecified atom stereocenters. The van der Waals surface area contributed by atoms with Crippen molar-refractivity contribution in [3.63, 3.8) is 0 Å².